The van der Waals surface area contributed by atoms with Gasteiger partial charge in [0.15, 0.2) is 5.76 Å². The first kappa shape index (κ1) is 13.2. The van der Waals surface area contributed by atoms with Crippen molar-refractivity contribution in [1.29, 1.82) is 0 Å². The first-order valence-corrected chi connectivity index (χ1v) is 5.19. The van der Waals surface area contributed by atoms with Crippen molar-refractivity contribution in [2.75, 3.05) is 26.8 Å². The van der Waals surface area contributed by atoms with Crippen LogP contribution in [0.15, 0.2) is 22.8 Å². The zero-order valence-corrected chi connectivity index (χ0v) is 9.59. The molecule has 0 aromatic carbocycles. The van der Waals surface area contributed by atoms with Gasteiger partial charge in [-0.05, 0) is 12.1 Å². The second kappa shape index (κ2) is 6.70. The molecule has 0 radical (unpaired) electrons. The Morgan fingerprint density at radius 2 is 2.24 bits per heavy atom. The van der Waals surface area contributed by atoms with Crippen molar-refractivity contribution in [3.05, 3.63) is 24.2 Å². The van der Waals surface area contributed by atoms with Gasteiger partial charge < -0.3 is 19.2 Å². The van der Waals surface area contributed by atoms with Crippen LogP contribution in [0.5, 0.6) is 0 Å². The van der Waals surface area contributed by atoms with Gasteiger partial charge in [-0.1, -0.05) is 0 Å². The number of furan rings is 1. The van der Waals surface area contributed by atoms with Gasteiger partial charge in [0.05, 0.1) is 26.4 Å². The number of hydrogen-bond donors (Lipinski definition) is 1. The zero-order valence-electron chi connectivity index (χ0n) is 9.59. The summed E-state index contributed by atoms with van der Waals surface area (Å²) in [5, 5.41) is 8.86. The van der Waals surface area contributed by atoms with E-state index in [9.17, 15) is 9.59 Å². The number of nitrogens with zero attached hydrogens (tertiary/aromatic N) is 1. The van der Waals surface area contributed by atoms with Crippen molar-refractivity contribution in [2.24, 2.45) is 0 Å². The van der Waals surface area contributed by atoms with E-state index in [1.54, 1.807) is 6.07 Å². The molecule has 1 N–H and O–H groups in total. The molecule has 0 fully saturated rings. The number of rotatable bonds is 6. The Morgan fingerprint density at radius 3 is 2.76 bits per heavy atom. The Labute approximate surface area is 98.8 Å². The van der Waals surface area contributed by atoms with Gasteiger partial charge in [-0.2, -0.15) is 0 Å². The summed E-state index contributed by atoms with van der Waals surface area (Å²) in [7, 11) is 1.28. The lowest BCUT2D eigenvalue weighted by Crippen LogP contribution is -2.35. The van der Waals surface area contributed by atoms with E-state index in [0.29, 0.717) is 0 Å². The van der Waals surface area contributed by atoms with E-state index in [1.807, 2.05) is 0 Å². The third kappa shape index (κ3) is 3.92. The molecule has 1 aromatic heterocycles. The second-order valence-electron chi connectivity index (χ2n) is 3.32. The summed E-state index contributed by atoms with van der Waals surface area (Å²) in [5.74, 6) is -0.573. The van der Waals surface area contributed by atoms with Gasteiger partial charge in [0.25, 0.3) is 5.91 Å². The summed E-state index contributed by atoms with van der Waals surface area (Å²) in [6, 6.07) is 3.13. The summed E-state index contributed by atoms with van der Waals surface area (Å²) in [6.07, 6.45) is 1.48. The van der Waals surface area contributed by atoms with E-state index in [-0.39, 0.29) is 37.8 Å². The fraction of sp³-hybridized carbons (Fsp3) is 0.455. The molecule has 0 aliphatic carbocycles. The van der Waals surface area contributed by atoms with Gasteiger partial charge in [0, 0.05) is 13.1 Å². The Kier molecular flexibility index (Phi) is 5.22. The standard InChI is InChI=1S/C11H15NO5/c1-16-10(14)4-5-12(6-7-13)11(15)9-3-2-8-17-9/h2-3,8,13H,4-7H2,1H3. The highest BCUT2D eigenvalue weighted by Crippen LogP contribution is 2.06. The van der Waals surface area contributed by atoms with E-state index in [1.165, 1.54) is 24.3 Å². The predicted octanol–water partition coefficient (Wildman–Crippen LogP) is 0.277. The van der Waals surface area contributed by atoms with Crippen molar-refractivity contribution in [1.82, 2.24) is 4.90 Å². The van der Waals surface area contributed by atoms with Gasteiger partial charge >= 0.3 is 5.97 Å². The molecule has 0 spiro atoms. The molecular weight excluding hydrogens is 226 g/mol. The van der Waals surface area contributed by atoms with Crippen molar-refractivity contribution >= 4 is 11.9 Å². The normalized spacial score (nSPS) is 10.0. The quantitative estimate of drug-likeness (QED) is 0.723. The first-order chi connectivity index (χ1) is 8.19. The van der Waals surface area contributed by atoms with Crippen LogP contribution in [0.25, 0.3) is 0 Å². The minimum absolute atomic E-state index is 0.0863. The highest BCUT2D eigenvalue weighted by atomic mass is 16.5. The van der Waals surface area contributed by atoms with Crippen molar-refractivity contribution < 1.29 is 23.8 Å². The predicted molar refractivity (Wildman–Crippen MR) is 58.3 cm³/mol. The molecule has 94 valence electrons. The van der Waals surface area contributed by atoms with Crippen molar-refractivity contribution in [2.45, 2.75) is 6.42 Å². The van der Waals surface area contributed by atoms with E-state index in [4.69, 9.17) is 9.52 Å². The minimum Gasteiger partial charge on any atom is -0.469 e. The zero-order chi connectivity index (χ0) is 12.7. The highest BCUT2D eigenvalue weighted by Gasteiger charge is 2.18. The molecule has 0 saturated carbocycles. The number of carbonyl (C=O) groups is 2. The highest BCUT2D eigenvalue weighted by molar-refractivity contribution is 5.91. The number of amides is 1. The summed E-state index contributed by atoms with van der Waals surface area (Å²) in [4.78, 5) is 24.2. The smallest absolute Gasteiger partial charge is 0.307 e. The van der Waals surface area contributed by atoms with E-state index >= 15 is 0 Å². The van der Waals surface area contributed by atoms with Crippen LogP contribution in [0, 0.1) is 0 Å². The number of aliphatic hydroxyl groups is 1. The monoisotopic (exact) mass is 241 g/mol. The van der Waals surface area contributed by atoms with Gasteiger partial charge in [-0.3, -0.25) is 9.59 Å². The van der Waals surface area contributed by atoms with E-state index < -0.39 is 5.97 Å². The number of methoxy groups -OCH3 is 1. The van der Waals surface area contributed by atoms with Crippen LogP contribution in [-0.4, -0.2) is 48.7 Å². The summed E-state index contributed by atoms with van der Waals surface area (Å²) in [6.45, 7) is 0.164. The number of aliphatic hydroxyl groups excluding tert-OH is 1. The topological polar surface area (TPSA) is 80.0 Å². The molecule has 1 aromatic rings. The van der Waals surface area contributed by atoms with Gasteiger partial charge in [-0.25, -0.2) is 0 Å². The molecule has 6 nitrogen and oxygen atoms in total. The number of esters is 1. The third-order valence-corrected chi connectivity index (χ3v) is 2.20. The van der Waals surface area contributed by atoms with Crippen LogP contribution in [0.3, 0.4) is 0 Å². The Balaban J connectivity index is 2.59. The maximum Gasteiger partial charge on any atom is 0.307 e. The number of carbonyl (C=O) groups excluding carboxylic acids is 2. The largest absolute Gasteiger partial charge is 0.469 e. The number of hydrogen-bond acceptors (Lipinski definition) is 5. The summed E-state index contributed by atoms with van der Waals surface area (Å²) < 4.78 is 9.45. The number of ether oxygens (including phenoxy) is 1. The van der Waals surface area contributed by atoms with Crippen LogP contribution < -0.4 is 0 Å². The maximum atomic E-state index is 11.9. The van der Waals surface area contributed by atoms with Gasteiger partial charge in [0.2, 0.25) is 0 Å². The molecule has 0 unspecified atom stereocenters. The Morgan fingerprint density at radius 1 is 1.47 bits per heavy atom. The molecule has 1 rings (SSSR count). The molecule has 0 bridgehead atoms. The van der Waals surface area contributed by atoms with Crippen LogP contribution in [0.2, 0.25) is 0 Å². The third-order valence-electron chi connectivity index (χ3n) is 2.20. The second-order valence-corrected chi connectivity index (χ2v) is 3.32. The van der Waals surface area contributed by atoms with Crippen LogP contribution in [0.1, 0.15) is 17.0 Å². The average Bonchev–Trinajstić information content (AvgIpc) is 2.86. The van der Waals surface area contributed by atoms with Gasteiger partial charge in [0.1, 0.15) is 0 Å². The van der Waals surface area contributed by atoms with E-state index in [2.05, 4.69) is 4.74 Å². The Bertz CT molecular complexity index is 360. The van der Waals surface area contributed by atoms with Crippen molar-refractivity contribution in [3.63, 3.8) is 0 Å². The molecule has 1 heterocycles. The van der Waals surface area contributed by atoms with Crippen LogP contribution >= 0.6 is 0 Å². The Hall–Kier alpha value is -1.82. The molecular formula is C11H15NO5. The summed E-state index contributed by atoms with van der Waals surface area (Å²) >= 11 is 0. The molecule has 6 heteroatoms. The molecule has 0 saturated heterocycles. The minimum atomic E-state index is -0.403. The molecule has 0 atom stereocenters. The lowest BCUT2D eigenvalue weighted by Gasteiger charge is -2.19. The van der Waals surface area contributed by atoms with Gasteiger partial charge in [-0.15, -0.1) is 0 Å². The fourth-order valence-corrected chi connectivity index (χ4v) is 1.32. The van der Waals surface area contributed by atoms with Crippen LogP contribution in [-0.2, 0) is 9.53 Å². The first-order valence-electron chi connectivity index (χ1n) is 5.19. The molecule has 0 aliphatic heterocycles. The molecule has 1 amide bonds. The SMILES string of the molecule is COC(=O)CCN(CCO)C(=O)c1ccco1. The molecule has 0 aliphatic rings. The van der Waals surface area contributed by atoms with E-state index in [0.717, 1.165) is 0 Å². The maximum absolute atomic E-state index is 11.9. The average molecular weight is 241 g/mol. The van der Waals surface area contributed by atoms with Crippen LogP contribution in [0.4, 0.5) is 0 Å². The lowest BCUT2D eigenvalue weighted by molar-refractivity contribution is -0.140. The summed E-state index contributed by atoms with van der Waals surface area (Å²) in [5.41, 5.74) is 0. The lowest BCUT2D eigenvalue weighted by atomic mass is 10.3. The molecule has 17 heavy (non-hydrogen) atoms. The van der Waals surface area contributed by atoms with Crippen molar-refractivity contribution in [3.8, 4) is 0 Å². The fourth-order valence-electron chi connectivity index (χ4n) is 1.32.